The fourth-order valence-electron chi connectivity index (χ4n) is 15.3. The summed E-state index contributed by atoms with van der Waals surface area (Å²) in [6, 6.07) is 4.48. The summed E-state index contributed by atoms with van der Waals surface area (Å²) in [7, 11) is 2.28. The monoisotopic (exact) mass is 1140 g/mol. The van der Waals surface area contributed by atoms with Crippen LogP contribution < -0.4 is 21.3 Å². The summed E-state index contributed by atoms with van der Waals surface area (Å²) in [5.41, 5.74) is 0. The zero-order chi connectivity index (χ0) is 56.9. The predicted molar refractivity (Wildman–Crippen MR) is 355 cm³/mol. The maximum absolute atomic E-state index is 5.23. The van der Waals surface area contributed by atoms with Gasteiger partial charge < -0.3 is 36.0 Å². The minimum Gasteiger partial charge on any atom is -0.363 e. The molecule has 2 saturated heterocycles. The highest BCUT2D eigenvalue weighted by Gasteiger charge is 2.26. The van der Waals surface area contributed by atoms with Crippen molar-refractivity contribution in [2.75, 3.05) is 46.3 Å². The summed E-state index contributed by atoms with van der Waals surface area (Å²) < 4.78 is 0. The van der Waals surface area contributed by atoms with Crippen LogP contribution in [0.3, 0.4) is 0 Å². The molecule has 0 radical (unpaired) electrons. The first-order chi connectivity index (χ1) is 40.5. The number of piperidine rings is 1. The van der Waals surface area contributed by atoms with Gasteiger partial charge in [-0.05, 0) is 141 Å². The molecule has 0 spiro atoms. The molecule has 0 aromatic rings. The lowest BCUT2D eigenvalue weighted by Crippen LogP contribution is -2.49. The van der Waals surface area contributed by atoms with Crippen LogP contribution >= 0.6 is 0 Å². The lowest BCUT2D eigenvalue weighted by atomic mass is 9.86. The minimum atomic E-state index is 0.590. The van der Waals surface area contributed by atoms with Gasteiger partial charge in [0.1, 0.15) is 0 Å². The molecule has 0 unspecified atom stereocenters. The molecule has 10 rings (SSSR count). The number of rotatable bonds is 15. The molecular formula is C71H133N11. The van der Waals surface area contributed by atoms with Crippen LogP contribution in [-0.2, 0) is 0 Å². The molecule has 8 aliphatic carbocycles. The van der Waals surface area contributed by atoms with Crippen LogP contribution in [0.2, 0.25) is 0 Å². The molecular weight excluding hydrogens is 1010 g/mol. The zero-order valence-corrected chi connectivity index (χ0v) is 54.3. The second kappa shape index (κ2) is 41.4. The Morgan fingerprint density at radius 1 is 0.366 bits per heavy atom. The van der Waals surface area contributed by atoms with Gasteiger partial charge in [0, 0.05) is 76.9 Å². The van der Waals surface area contributed by atoms with Gasteiger partial charge >= 0.3 is 0 Å². The van der Waals surface area contributed by atoms with Gasteiger partial charge in [0.15, 0.2) is 17.9 Å². The Hall–Kier alpha value is -2.72. The van der Waals surface area contributed by atoms with E-state index in [1.54, 1.807) is 0 Å². The maximum atomic E-state index is 5.23. The van der Waals surface area contributed by atoms with Gasteiger partial charge in [-0.1, -0.05) is 194 Å². The van der Waals surface area contributed by atoms with Crippen LogP contribution in [0, 0.1) is 5.92 Å². The molecule has 8 saturated carbocycles. The fourth-order valence-corrected chi connectivity index (χ4v) is 15.3. The zero-order valence-electron chi connectivity index (χ0n) is 54.3. The number of aliphatic imine (C=N–C) groups is 4. The van der Waals surface area contributed by atoms with Crippen molar-refractivity contribution in [3.8, 4) is 0 Å². The molecule has 0 bridgehead atoms. The Morgan fingerprint density at radius 2 is 0.683 bits per heavy atom. The van der Waals surface area contributed by atoms with Crippen LogP contribution in [0.4, 0.5) is 0 Å². The second-order valence-corrected chi connectivity index (χ2v) is 28.1. The second-order valence-electron chi connectivity index (χ2n) is 28.1. The first-order valence-electron chi connectivity index (χ1n) is 37.0. The molecule has 82 heavy (non-hydrogen) atoms. The Labute approximate surface area is 506 Å². The average molecular weight is 1140 g/mol. The summed E-state index contributed by atoms with van der Waals surface area (Å²) in [6.07, 6.45) is 68.1. The van der Waals surface area contributed by atoms with E-state index in [0.29, 0.717) is 42.3 Å². The lowest BCUT2D eigenvalue weighted by Gasteiger charge is -2.35. The smallest absolute Gasteiger partial charge is 0.194 e. The summed E-state index contributed by atoms with van der Waals surface area (Å²) in [5.74, 6) is 5.94. The first-order valence-corrected chi connectivity index (χ1v) is 37.0. The molecule has 10 fully saturated rings. The summed E-state index contributed by atoms with van der Waals surface area (Å²) >= 11 is 0. The van der Waals surface area contributed by atoms with Crippen molar-refractivity contribution in [3.63, 3.8) is 0 Å². The minimum absolute atomic E-state index is 0.590. The van der Waals surface area contributed by atoms with Gasteiger partial charge in [-0.3, -0.25) is 9.98 Å². The van der Waals surface area contributed by atoms with Gasteiger partial charge in [-0.15, -0.1) is 0 Å². The summed E-state index contributed by atoms with van der Waals surface area (Å²) in [5, 5.41) is 15.1. The standard InChI is InChI=1S/C19H36N2.C18H33N3.C17H31N3.C17H33N3/c1-3-4-15-21(2)19(16-17-11-7-5-8-12-17)20-18-13-9-6-10-14-18;1-4-10-16(11-5-1)19-18(21-14-8-3-9-15-21)20-17-12-6-2-7-13-17;1-3-9-15(10-4-1)18-17(20-13-7-8-14-20)19-16-11-5-2-6-12-16;1-2-3-14-18-17(19-15-10-6-4-7-11-15)20-16-12-8-5-9-13-16/h17-18H,3-16H2,1-2H3;16-17H,1-15H2,(H,19,20);15-16H,1-14H2,(H,18,19);15-16H,2-14H2,1H3,(H2,18,19,20). The van der Waals surface area contributed by atoms with Crippen LogP contribution in [0.25, 0.3) is 0 Å². The Bertz CT molecular complexity index is 1680. The third-order valence-electron chi connectivity index (χ3n) is 20.8. The average Bonchev–Trinajstić information content (AvgIpc) is 4.10. The third-order valence-corrected chi connectivity index (χ3v) is 20.8. The molecule has 0 aromatic heterocycles. The number of hydrogen-bond acceptors (Lipinski definition) is 4. The van der Waals surface area contributed by atoms with Crippen molar-refractivity contribution >= 4 is 23.7 Å². The van der Waals surface area contributed by atoms with Crippen molar-refractivity contribution in [1.29, 1.82) is 0 Å². The Kier molecular flexibility index (Phi) is 33.7. The van der Waals surface area contributed by atoms with E-state index in [1.807, 2.05) is 0 Å². The van der Waals surface area contributed by atoms with Gasteiger partial charge in [-0.25, -0.2) is 9.98 Å². The molecule has 2 heterocycles. The largest absolute Gasteiger partial charge is 0.363 e. The molecule has 11 nitrogen and oxygen atoms in total. The van der Waals surface area contributed by atoms with Gasteiger partial charge in [-0.2, -0.15) is 0 Å². The highest BCUT2D eigenvalue weighted by molar-refractivity contribution is 5.83. The molecule has 11 heteroatoms. The lowest BCUT2D eigenvalue weighted by molar-refractivity contribution is 0.312. The van der Waals surface area contributed by atoms with Crippen molar-refractivity contribution < 1.29 is 0 Å². The summed E-state index contributed by atoms with van der Waals surface area (Å²) in [6.45, 7) is 11.5. The van der Waals surface area contributed by atoms with E-state index in [0.717, 1.165) is 18.4 Å². The number of nitrogens with zero attached hydrogens (tertiary/aromatic N) is 7. The number of unbranched alkanes of at least 4 members (excludes halogenated alkanes) is 2. The van der Waals surface area contributed by atoms with Gasteiger partial charge in [0.25, 0.3) is 0 Å². The van der Waals surface area contributed by atoms with Gasteiger partial charge in [0.05, 0.1) is 24.0 Å². The molecule has 10 aliphatic rings. The Morgan fingerprint density at radius 3 is 1.06 bits per heavy atom. The fraction of sp³-hybridized carbons (Fsp3) is 0.944. The van der Waals surface area contributed by atoms with E-state index < -0.39 is 0 Å². The maximum Gasteiger partial charge on any atom is 0.194 e. The van der Waals surface area contributed by atoms with E-state index in [1.165, 1.54) is 372 Å². The van der Waals surface area contributed by atoms with E-state index in [4.69, 9.17) is 20.0 Å². The normalized spacial score (nSPS) is 24.5. The number of amidine groups is 1. The number of hydrogen-bond donors (Lipinski definition) is 4. The molecule has 0 amide bonds. The SMILES string of the molecule is C1CCC(N=C(NC2CCCCC2)N2CCCC2)CC1.C1CCC(N=C(NC2CCCCC2)N2CCCCC2)CC1.CCCCN(C)C(CC1CCCCC1)=NC1CCCCC1.CCCCN=C(NC1CCCCC1)NC1CCCCC1. The molecule has 472 valence electrons. The van der Waals surface area contributed by atoms with Crippen LogP contribution in [-0.4, -0.2) is 127 Å². The molecule has 0 aromatic carbocycles. The molecule has 4 N–H and O–H groups in total. The highest BCUT2D eigenvalue weighted by atomic mass is 15.3. The Balaban J connectivity index is 0.000000157. The van der Waals surface area contributed by atoms with Crippen LogP contribution in [0.5, 0.6) is 0 Å². The van der Waals surface area contributed by atoms with Gasteiger partial charge in [0.2, 0.25) is 0 Å². The number of nitrogens with one attached hydrogen (secondary N) is 4. The van der Waals surface area contributed by atoms with E-state index in [-0.39, 0.29) is 0 Å². The topological polar surface area (TPSA) is 107 Å². The van der Waals surface area contributed by atoms with Crippen molar-refractivity contribution in [2.24, 2.45) is 25.9 Å². The van der Waals surface area contributed by atoms with E-state index in [2.05, 4.69) is 56.9 Å². The van der Waals surface area contributed by atoms with E-state index in [9.17, 15) is 0 Å². The number of likely N-dealkylation sites (tertiary alicyclic amines) is 2. The van der Waals surface area contributed by atoms with Crippen LogP contribution in [0.15, 0.2) is 20.0 Å². The number of guanidine groups is 3. The quantitative estimate of drug-likeness (QED) is 0.0735. The summed E-state index contributed by atoms with van der Waals surface area (Å²) in [4.78, 5) is 27.9. The van der Waals surface area contributed by atoms with E-state index >= 15 is 0 Å². The van der Waals surface area contributed by atoms with Crippen molar-refractivity contribution in [1.82, 2.24) is 36.0 Å². The highest BCUT2D eigenvalue weighted by Crippen LogP contribution is 2.30. The molecule has 2 aliphatic heterocycles. The first kappa shape index (κ1) is 66.8. The van der Waals surface area contributed by atoms with Crippen molar-refractivity contribution in [3.05, 3.63) is 0 Å². The predicted octanol–water partition coefficient (Wildman–Crippen LogP) is 17.2. The van der Waals surface area contributed by atoms with Crippen molar-refractivity contribution in [2.45, 2.75) is 377 Å². The van der Waals surface area contributed by atoms with Crippen LogP contribution in [0.1, 0.15) is 335 Å². The molecule has 0 atom stereocenters. The third kappa shape index (κ3) is 26.9.